The van der Waals surface area contributed by atoms with Gasteiger partial charge in [0.05, 0.1) is 25.9 Å². The third-order valence-corrected chi connectivity index (χ3v) is 10.1. The van der Waals surface area contributed by atoms with Crippen LogP contribution in [0.15, 0.2) is 72.9 Å². The summed E-state index contributed by atoms with van der Waals surface area (Å²) in [5.74, 6) is -1.16. The van der Waals surface area contributed by atoms with Crippen LogP contribution in [-0.2, 0) is 41.8 Å². The van der Waals surface area contributed by atoms with E-state index in [1.807, 2.05) is 36.5 Å². The summed E-state index contributed by atoms with van der Waals surface area (Å²) in [7, 11) is -9.72. The Labute approximate surface area is 359 Å². The van der Waals surface area contributed by atoms with Crippen molar-refractivity contribution in [1.82, 2.24) is 0 Å². The molecule has 0 aromatic heterocycles. The highest BCUT2D eigenvalue weighted by Crippen LogP contribution is 2.43. The lowest BCUT2D eigenvalue weighted by Gasteiger charge is -2.20. The van der Waals surface area contributed by atoms with Crippen molar-refractivity contribution in [2.45, 2.75) is 167 Å². The third kappa shape index (κ3) is 42.2. The zero-order valence-corrected chi connectivity index (χ0v) is 37.9. The molecular weight excluding hydrogens is 814 g/mol. The van der Waals surface area contributed by atoms with E-state index >= 15 is 0 Å². The number of rotatable bonds is 40. The fraction of sp³-hybridized carbons (Fsp3) is 0.682. The zero-order chi connectivity index (χ0) is 44.6. The van der Waals surface area contributed by atoms with E-state index in [2.05, 4.69) is 53.3 Å². The molecule has 16 heteroatoms. The fourth-order valence-electron chi connectivity index (χ4n) is 5.27. The highest BCUT2D eigenvalue weighted by atomic mass is 31.2. The summed E-state index contributed by atoms with van der Waals surface area (Å²) in [4.78, 5) is 52.7. The van der Waals surface area contributed by atoms with Gasteiger partial charge in [-0.1, -0.05) is 132 Å². The van der Waals surface area contributed by atoms with E-state index in [0.717, 1.165) is 51.4 Å². The SMILES string of the molecule is CCCCC/C=C\C=C/[C@@H](O)C/C=C\C/C=C/CCCC(=O)OC[C@H](COP(=O)(O)OC[C@@H](O)COP(=O)(O)O)OC(=O)CCCCCCC/C=C\C/C=C\CCCCC. The first kappa shape index (κ1) is 57.5. The maximum absolute atomic E-state index is 12.6. The maximum atomic E-state index is 12.6. The number of ether oxygens (including phenoxy) is 2. The molecule has 0 radical (unpaired) electrons. The van der Waals surface area contributed by atoms with Crippen LogP contribution >= 0.6 is 15.6 Å². The smallest absolute Gasteiger partial charge is 0.462 e. The number of phosphoric acid groups is 2. The largest absolute Gasteiger partial charge is 0.472 e. The number of aliphatic hydroxyl groups is 2. The first-order valence-corrected chi connectivity index (χ1v) is 24.8. The number of hydrogen-bond acceptors (Lipinski definition) is 11. The van der Waals surface area contributed by atoms with E-state index < -0.39 is 72.3 Å². The Balaban J connectivity index is 4.70. The molecule has 0 rings (SSSR count). The molecule has 0 aliphatic rings. The van der Waals surface area contributed by atoms with Gasteiger partial charge in [-0.05, 0) is 77.0 Å². The van der Waals surface area contributed by atoms with Crippen molar-refractivity contribution in [3.8, 4) is 0 Å². The standard InChI is InChI=1S/C44H76O14P2/c1-3-5-7-9-11-12-13-14-15-16-17-18-22-27-31-35-44(48)58-42(39-57-60(52,53)56-37-41(46)36-55-59(49,50)51)38-54-43(47)34-30-26-23-19-21-25-29-33-40(45)32-28-24-20-10-8-6-4-2/h11-12,14-15,19-20,23-25,28-29,32,40-42,45-46H,3-10,13,16-18,21-22,26-27,30-31,33-39H2,1-2H3,(H,52,53)(H2,49,50,51)/b12-11-,15-14-,23-19+,24-20-,29-25-,32-28-/t40-,41+,42-/m1/s1. The Bertz CT molecular complexity index is 1350. The third-order valence-electron chi connectivity index (χ3n) is 8.64. The molecule has 0 aliphatic carbocycles. The van der Waals surface area contributed by atoms with E-state index in [9.17, 15) is 33.8 Å². The Hall–Kier alpha value is -2.48. The van der Waals surface area contributed by atoms with Gasteiger partial charge >= 0.3 is 27.6 Å². The molecule has 0 spiro atoms. The molecule has 0 amide bonds. The van der Waals surface area contributed by atoms with Crippen molar-refractivity contribution in [2.75, 3.05) is 26.4 Å². The summed E-state index contributed by atoms with van der Waals surface area (Å²) in [6, 6.07) is 0. The van der Waals surface area contributed by atoms with Gasteiger partial charge in [0.2, 0.25) is 0 Å². The minimum Gasteiger partial charge on any atom is -0.462 e. The summed E-state index contributed by atoms with van der Waals surface area (Å²) in [5.41, 5.74) is 0. The molecule has 1 unspecified atom stereocenters. The van der Waals surface area contributed by atoms with Crippen molar-refractivity contribution in [1.29, 1.82) is 0 Å². The molecule has 0 aliphatic heterocycles. The van der Waals surface area contributed by atoms with Gasteiger partial charge in [0.15, 0.2) is 6.10 Å². The van der Waals surface area contributed by atoms with Crippen LogP contribution in [-0.4, -0.2) is 81.6 Å². The lowest BCUT2D eigenvalue weighted by molar-refractivity contribution is -0.161. The molecule has 60 heavy (non-hydrogen) atoms. The summed E-state index contributed by atoms with van der Waals surface area (Å²) in [5, 5.41) is 19.8. The Kier molecular flexibility index (Phi) is 37.7. The summed E-state index contributed by atoms with van der Waals surface area (Å²) in [6.07, 6.45) is 39.2. The van der Waals surface area contributed by atoms with Crippen molar-refractivity contribution in [3.05, 3.63) is 72.9 Å². The minimum atomic E-state index is -4.88. The maximum Gasteiger partial charge on any atom is 0.472 e. The van der Waals surface area contributed by atoms with E-state index in [1.54, 1.807) is 6.08 Å². The Morgan fingerprint density at radius 1 is 0.550 bits per heavy atom. The molecule has 0 saturated carbocycles. The van der Waals surface area contributed by atoms with Crippen LogP contribution in [0, 0.1) is 0 Å². The summed E-state index contributed by atoms with van der Waals surface area (Å²) < 4.78 is 47.6. The van der Waals surface area contributed by atoms with E-state index in [-0.39, 0.29) is 12.8 Å². The first-order chi connectivity index (χ1) is 28.8. The number of esters is 2. The van der Waals surface area contributed by atoms with Crippen molar-refractivity contribution >= 4 is 27.6 Å². The van der Waals surface area contributed by atoms with Crippen LogP contribution in [0.2, 0.25) is 0 Å². The van der Waals surface area contributed by atoms with Gasteiger partial charge in [-0.3, -0.25) is 23.2 Å². The second-order valence-electron chi connectivity index (χ2n) is 14.5. The molecule has 4 atom stereocenters. The summed E-state index contributed by atoms with van der Waals surface area (Å²) >= 11 is 0. The average molecular weight is 891 g/mol. The predicted molar refractivity (Wildman–Crippen MR) is 236 cm³/mol. The topological polar surface area (TPSA) is 216 Å². The second kappa shape index (κ2) is 39.4. The van der Waals surface area contributed by atoms with Gasteiger partial charge in [0, 0.05) is 12.8 Å². The number of carbonyl (C=O) groups excluding carboxylic acids is 2. The van der Waals surface area contributed by atoms with Gasteiger partial charge in [0.25, 0.3) is 0 Å². The molecule has 5 N–H and O–H groups in total. The van der Waals surface area contributed by atoms with Gasteiger partial charge in [-0.25, -0.2) is 9.13 Å². The molecule has 0 bridgehead atoms. The lowest BCUT2D eigenvalue weighted by atomic mass is 10.1. The predicted octanol–water partition coefficient (Wildman–Crippen LogP) is 9.98. The molecule has 0 aromatic carbocycles. The fourth-order valence-corrected chi connectivity index (χ4v) is 6.43. The molecule has 0 fully saturated rings. The normalized spacial score (nSPS) is 15.2. The van der Waals surface area contributed by atoms with Crippen LogP contribution in [0.4, 0.5) is 0 Å². The number of allylic oxidation sites excluding steroid dienone is 10. The quantitative estimate of drug-likeness (QED) is 0.0127. The molecule has 0 saturated heterocycles. The minimum absolute atomic E-state index is 0.0788. The van der Waals surface area contributed by atoms with Gasteiger partial charge in [-0.2, -0.15) is 0 Å². The molecular formula is C44H76O14P2. The number of aliphatic hydroxyl groups excluding tert-OH is 2. The number of phosphoric ester groups is 2. The van der Waals surface area contributed by atoms with Crippen LogP contribution in [0.3, 0.4) is 0 Å². The number of unbranched alkanes of at least 4 members (excludes halogenated alkanes) is 12. The van der Waals surface area contributed by atoms with E-state index in [1.165, 1.54) is 38.5 Å². The molecule has 0 heterocycles. The van der Waals surface area contributed by atoms with E-state index in [4.69, 9.17) is 23.8 Å². The number of carbonyl (C=O) groups is 2. The van der Waals surface area contributed by atoms with Crippen molar-refractivity contribution < 1.29 is 66.7 Å². The second-order valence-corrected chi connectivity index (χ2v) is 17.2. The van der Waals surface area contributed by atoms with Crippen LogP contribution in [0.25, 0.3) is 0 Å². The number of hydrogen-bond donors (Lipinski definition) is 5. The highest BCUT2D eigenvalue weighted by Gasteiger charge is 2.28. The van der Waals surface area contributed by atoms with Crippen LogP contribution < -0.4 is 0 Å². The first-order valence-electron chi connectivity index (χ1n) is 21.7. The van der Waals surface area contributed by atoms with Gasteiger partial charge in [-0.15, -0.1) is 0 Å². The average Bonchev–Trinajstić information content (AvgIpc) is 3.20. The Morgan fingerprint density at radius 3 is 1.70 bits per heavy atom. The summed E-state index contributed by atoms with van der Waals surface area (Å²) in [6.45, 7) is 1.52. The van der Waals surface area contributed by atoms with Gasteiger partial charge < -0.3 is 34.4 Å². The molecule has 0 aromatic rings. The van der Waals surface area contributed by atoms with Gasteiger partial charge in [0.1, 0.15) is 12.7 Å². The molecule has 346 valence electrons. The Morgan fingerprint density at radius 2 is 1.07 bits per heavy atom. The monoisotopic (exact) mass is 890 g/mol. The lowest BCUT2D eigenvalue weighted by Crippen LogP contribution is -2.30. The van der Waals surface area contributed by atoms with Crippen molar-refractivity contribution in [3.63, 3.8) is 0 Å². The zero-order valence-electron chi connectivity index (χ0n) is 36.1. The van der Waals surface area contributed by atoms with Crippen LogP contribution in [0.1, 0.15) is 149 Å². The van der Waals surface area contributed by atoms with Crippen LogP contribution in [0.5, 0.6) is 0 Å². The van der Waals surface area contributed by atoms with Crippen molar-refractivity contribution in [2.24, 2.45) is 0 Å². The molecule has 14 nitrogen and oxygen atoms in total. The highest BCUT2D eigenvalue weighted by molar-refractivity contribution is 7.47. The van der Waals surface area contributed by atoms with E-state index in [0.29, 0.717) is 32.1 Å².